The molecule has 0 radical (unpaired) electrons. The molecule has 2 N–H and O–H groups in total. The lowest BCUT2D eigenvalue weighted by Gasteiger charge is -2.03. The highest BCUT2D eigenvalue weighted by Crippen LogP contribution is 2.21. The van der Waals surface area contributed by atoms with Crippen molar-refractivity contribution in [1.29, 1.82) is 0 Å². The van der Waals surface area contributed by atoms with Crippen molar-refractivity contribution in [2.24, 2.45) is 0 Å². The zero-order valence-electron chi connectivity index (χ0n) is 13.9. The number of aromatic nitrogens is 3. The molecule has 0 saturated carbocycles. The van der Waals surface area contributed by atoms with Crippen LogP contribution in [0.5, 0.6) is 0 Å². The van der Waals surface area contributed by atoms with Crippen LogP contribution in [0.3, 0.4) is 0 Å². The van der Waals surface area contributed by atoms with Crippen LogP contribution in [0.15, 0.2) is 58.9 Å². The van der Waals surface area contributed by atoms with Crippen molar-refractivity contribution >= 4 is 45.6 Å². The molecule has 1 aliphatic rings. The van der Waals surface area contributed by atoms with Crippen LogP contribution in [-0.2, 0) is 11.2 Å². The molecule has 6 nitrogen and oxygen atoms in total. The number of nitrogens with two attached hydrogens (primary N) is 1. The van der Waals surface area contributed by atoms with Gasteiger partial charge in [-0.05, 0) is 41.5 Å². The van der Waals surface area contributed by atoms with Gasteiger partial charge >= 0.3 is 0 Å². The van der Waals surface area contributed by atoms with E-state index in [9.17, 15) is 9.59 Å². The summed E-state index contributed by atoms with van der Waals surface area (Å²) in [5, 5.41) is 5.95. The maximum absolute atomic E-state index is 12.4. The predicted molar refractivity (Wildman–Crippen MR) is 107 cm³/mol. The van der Waals surface area contributed by atoms with Gasteiger partial charge in [0.2, 0.25) is 4.96 Å². The van der Waals surface area contributed by atoms with E-state index in [1.165, 1.54) is 28.0 Å². The highest BCUT2D eigenvalue weighted by Gasteiger charge is 2.14. The zero-order valence-corrected chi connectivity index (χ0v) is 15.5. The van der Waals surface area contributed by atoms with Crippen LogP contribution in [0.1, 0.15) is 16.1 Å². The Morgan fingerprint density at radius 1 is 1.11 bits per heavy atom. The first-order valence-electron chi connectivity index (χ1n) is 8.04. The van der Waals surface area contributed by atoms with Crippen molar-refractivity contribution in [3.63, 3.8) is 0 Å². The fourth-order valence-electron chi connectivity index (χ4n) is 2.64. The van der Waals surface area contributed by atoms with Crippen molar-refractivity contribution in [3.05, 3.63) is 85.7 Å². The van der Waals surface area contributed by atoms with Gasteiger partial charge in [-0.1, -0.05) is 47.2 Å². The van der Waals surface area contributed by atoms with Crippen LogP contribution in [0, 0.1) is 0 Å². The molecule has 0 aliphatic heterocycles. The molecule has 0 spiro atoms. The number of carbonyl (C=O) groups excluding carboxylic acids is 1. The van der Waals surface area contributed by atoms with Gasteiger partial charge in [-0.2, -0.15) is 14.6 Å². The zero-order chi connectivity index (χ0) is 19.0. The number of rotatable bonds is 3. The SMILES string of the molecule is Nc1c(C=C2C=CC(=O)C=C2)c(=O)nc2sc(Cc3ccc(Cl)cc3)nn12. The number of nitrogens with zero attached hydrogens (tertiary/aromatic N) is 3. The summed E-state index contributed by atoms with van der Waals surface area (Å²) in [5.41, 5.74) is 7.73. The molecule has 0 atom stereocenters. The number of benzene rings is 1. The molecule has 2 heterocycles. The molecule has 8 heteroatoms. The number of allylic oxidation sites excluding steroid dienone is 5. The number of fused-ring (bicyclic) bond motifs is 1. The third-order valence-electron chi connectivity index (χ3n) is 3.99. The first kappa shape index (κ1) is 17.4. The van der Waals surface area contributed by atoms with Crippen molar-refractivity contribution in [3.8, 4) is 0 Å². The van der Waals surface area contributed by atoms with Crippen LogP contribution >= 0.6 is 22.9 Å². The lowest BCUT2D eigenvalue weighted by atomic mass is 10.1. The fourth-order valence-corrected chi connectivity index (χ4v) is 3.69. The molecule has 0 saturated heterocycles. The molecule has 0 amide bonds. The van der Waals surface area contributed by atoms with Crippen molar-refractivity contribution in [1.82, 2.24) is 14.6 Å². The Morgan fingerprint density at radius 2 is 1.81 bits per heavy atom. The first-order valence-corrected chi connectivity index (χ1v) is 9.23. The van der Waals surface area contributed by atoms with Crippen LogP contribution < -0.4 is 11.3 Å². The quantitative estimate of drug-likeness (QED) is 0.734. The molecule has 0 unspecified atom stereocenters. The molecule has 0 bridgehead atoms. The second kappa shape index (κ2) is 6.94. The van der Waals surface area contributed by atoms with Gasteiger partial charge in [0.25, 0.3) is 5.56 Å². The molecule has 4 rings (SSSR count). The minimum absolute atomic E-state index is 0.100. The van der Waals surface area contributed by atoms with Gasteiger partial charge in [0.05, 0.1) is 5.56 Å². The van der Waals surface area contributed by atoms with Gasteiger partial charge in [-0.15, -0.1) is 0 Å². The second-order valence-corrected chi connectivity index (χ2v) is 7.40. The standard InChI is InChI=1S/C19H13ClN4O2S/c20-13-5-1-12(2-6-13)10-16-23-24-17(21)15(18(26)22-19(24)27-16)9-11-3-7-14(25)8-4-11/h1-9H,10,21H2. The Hall–Kier alpha value is -3.03. The number of anilines is 1. The van der Waals surface area contributed by atoms with Gasteiger partial charge in [0.1, 0.15) is 10.8 Å². The van der Waals surface area contributed by atoms with Crippen molar-refractivity contribution < 1.29 is 4.79 Å². The summed E-state index contributed by atoms with van der Waals surface area (Å²) >= 11 is 7.22. The molecule has 2 aromatic heterocycles. The summed E-state index contributed by atoms with van der Waals surface area (Å²) in [4.78, 5) is 28.2. The van der Waals surface area contributed by atoms with Crippen LogP contribution in [0.2, 0.25) is 5.02 Å². The molecule has 0 fully saturated rings. The van der Waals surface area contributed by atoms with Gasteiger partial charge in [0.15, 0.2) is 5.78 Å². The third-order valence-corrected chi connectivity index (χ3v) is 5.15. The normalized spacial score (nSPS) is 13.5. The third kappa shape index (κ3) is 3.60. The summed E-state index contributed by atoms with van der Waals surface area (Å²) in [6.07, 6.45) is 8.31. The number of hydrogen-bond acceptors (Lipinski definition) is 6. The predicted octanol–water partition coefficient (Wildman–Crippen LogP) is 3.06. The number of carbonyl (C=O) groups is 1. The molecule has 134 valence electrons. The number of ketones is 1. The molecular formula is C19H13ClN4O2S. The van der Waals surface area contributed by atoms with E-state index in [2.05, 4.69) is 10.1 Å². The van der Waals surface area contributed by atoms with Crippen molar-refractivity contribution in [2.75, 3.05) is 5.73 Å². The highest BCUT2D eigenvalue weighted by atomic mass is 35.5. The van der Waals surface area contributed by atoms with Gasteiger partial charge in [-0.3, -0.25) is 9.59 Å². The highest BCUT2D eigenvalue weighted by molar-refractivity contribution is 7.16. The van der Waals surface area contributed by atoms with E-state index in [0.29, 0.717) is 22.0 Å². The topological polar surface area (TPSA) is 90.4 Å². The Morgan fingerprint density at radius 3 is 2.52 bits per heavy atom. The van der Waals surface area contributed by atoms with Crippen molar-refractivity contribution in [2.45, 2.75) is 6.42 Å². The fraction of sp³-hybridized carbons (Fsp3) is 0.0526. The average molecular weight is 397 g/mol. The maximum atomic E-state index is 12.4. The van der Waals surface area contributed by atoms with Crippen LogP contribution in [0.25, 0.3) is 11.0 Å². The van der Waals surface area contributed by atoms with Gasteiger partial charge in [-0.25, -0.2) is 0 Å². The first-order chi connectivity index (χ1) is 13.0. The van der Waals surface area contributed by atoms with E-state index >= 15 is 0 Å². The summed E-state index contributed by atoms with van der Waals surface area (Å²) in [6, 6.07) is 7.49. The largest absolute Gasteiger partial charge is 0.383 e. The maximum Gasteiger partial charge on any atom is 0.283 e. The molecule has 3 aromatic rings. The second-order valence-electron chi connectivity index (χ2n) is 5.92. The minimum atomic E-state index is -0.430. The Balaban J connectivity index is 1.73. The number of hydrogen-bond donors (Lipinski definition) is 1. The van der Waals surface area contributed by atoms with Crippen LogP contribution in [0.4, 0.5) is 5.82 Å². The summed E-state index contributed by atoms with van der Waals surface area (Å²) in [6.45, 7) is 0. The Labute approximate surface area is 162 Å². The average Bonchev–Trinajstić information content (AvgIpc) is 3.04. The van der Waals surface area contributed by atoms with E-state index in [1.54, 1.807) is 18.2 Å². The minimum Gasteiger partial charge on any atom is -0.383 e. The molecule has 1 aliphatic carbocycles. The summed E-state index contributed by atoms with van der Waals surface area (Å²) in [7, 11) is 0. The number of halogens is 1. The van der Waals surface area contributed by atoms with Gasteiger partial charge < -0.3 is 5.73 Å². The smallest absolute Gasteiger partial charge is 0.283 e. The molecule has 1 aromatic carbocycles. The lowest BCUT2D eigenvalue weighted by molar-refractivity contribution is -0.110. The Kier molecular flexibility index (Phi) is 4.47. The van der Waals surface area contributed by atoms with E-state index in [1.807, 2.05) is 24.3 Å². The van der Waals surface area contributed by atoms with E-state index in [0.717, 1.165) is 10.6 Å². The summed E-state index contributed by atoms with van der Waals surface area (Å²) in [5.74, 6) is 0.117. The Bertz CT molecular complexity index is 1180. The molecule has 27 heavy (non-hydrogen) atoms. The van der Waals surface area contributed by atoms with Gasteiger partial charge in [0, 0.05) is 11.4 Å². The van der Waals surface area contributed by atoms with E-state index in [-0.39, 0.29) is 17.2 Å². The number of nitrogen functional groups attached to an aromatic ring is 1. The van der Waals surface area contributed by atoms with E-state index in [4.69, 9.17) is 17.3 Å². The molecular weight excluding hydrogens is 384 g/mol. The van der Waals surface area contributed by atoms with Crippen LogP contribution in [-0.4, -0.2) is 20.4 Å². The summed E-state index contributed by atoms with van der Waals surface area (Å²) < 4.78 is 1.48. The lowest BCUT2D eigenvalue weighted by Crippen LogP contribution is -2.16. The monoisotopic (exact) mass is 396 g/mol. The van der Waals surface area contributed by atoms with E-state index < -0.39 is 5.56 Å².